The maximum absolute atomic E-state index is 13.3. The van der Waals surface area contributed by atoms with Gasteiger partial charge in [-0.3, -0.25) is 19.4 Å². The zero-order valence-electron chi connectivity index (χ0n) is 68.7. The minimum atomic E-state index is -0.309. The van der Waals surface area contributed by atoms with E-state index in [1.54, 1.807) is 0 Å². The molecule has 12 fully saturated rings. The third-order valence-corrected chi connectivity index (χ3v) is 28.1. The number of likely N-dealkylation sites (tertiary alicyclic amines) is 6. The molecular weight excluding hydrogens is 1360 g/mol. The Labute approximate surface area is 650 Å². The van der Waals surface area contributed by atoms with Crippen molar-refractivity contribution in [3.8, 4) is 0 Å². The SMILES string of the molecule is CCCC[C@@H]1N(CC2CCCCC2)C(=O)OC12CCN(C1CCN(C(=O)c3c(C)cccc3C)CC1)CC2.CCCC[C@@H]1NC(=O)OC12CCN(C)CC2.CCCC[C@H]1N(CC2CCCCC2)C(=O)OC12CCN(C1CCN(C(=O)c3c(C)cccc3C)CC1)CC2.CCCC[C@H]1NC(=O)OC12CCN(C)CC2. The zero-order valence-corrected chi connectivity index (χ0v) is 68.7. The first-order valence-corrected chi connectivity index (χ1v) is 43.7. The average Bonchev–Trinajstić information content (AvgIpc) is 1.61. The van der Waals surface area contributed by atoms with Crippen LogP contribution in [0.4, 0.5) is 19.2 Å². The third-order valence-electron chi connectivity index (χ3n) is 28.1. The molecule has 0 radical (unpaired) electrons. The predicted molar refractivity (Wildman–Crippen MR) is 428 cm³/mol. The molecule has 20 nitrogen and oxygen atoms in total. The second-order valence-corrected chi connectivity index (χ2v) is 35.3. The summed E-state index contributed by atoms with van der Waals surface area (Å²) in [6.45, 7) is 30.1. The molecule has 604 valence electrons. The summed E-state index contributed by atoms with van der Waals surface area (Å²) in [6.07, 6.45) is 37.7. The van der Waals surface area contributed by atoms with Gasteiger partial charge in [0.15, 0.2) is 0 Å². The lowest BCUT2D eigenvalue weighted by Gasteiger charge is -2.46. The van der Waals surface area contributed by atoms with Crippen LogP contribution < -0.4 is 10.6 Å². The third kappa shape index (κ3) is 20.0. The van der Waals surface area contributed by atoms with Gasteiger partial charge >= 0.3 is 24.4 Å². The largest absolute Gasteiger partial charge is 0.441 e. The Balaban J connectivity index is 0.000000154. The summed E-state index contributed by atoms with van der Waals surface area (Å²) in [6, 6.07) is 14.2. The minimum absolute atomic E-state index is 0.0524. The van der Waals surface area contributed by atoms with E-state index in [0.29, 0.717) is 23.9 Å². The van der Waals surface area contributed by atoms with Crippen molar-refractivity contribution >= 4 is 36.2 Å². The summed E-state index contributed by atoms with van der Waals surface area (Å²) >= 11 is 0. The fourth-order valence-corrected chi connectivity index (χ4v) is 21.1. The molecule has 2 aromatic carbocycles. The summed E-state index contributed by atoms with van der Waals surface area (Å²) in [5.74, 6) is 1.66. The molecule has 2 aliphatic carbocycles. The van der Waals surface area contributed by atoms with Crippen LogP contribution in [-0.2, 0) is 18.9 Å². The van der Waals surface area contributed by atoms with Gasteiger partial charge in [-0.25, -0.2) is 19.2 Å². The number of unbranched alkanes of at least 4 members (excludes halogenated alkanes) is 4. The van der Waals surface area contributed by atoms with E-state index in [1.807, 2.05) is 64.1 Å². The number of benzene rings is 2. The van der Waals surface area contributed by atoms with Crippen molar-refractivity contribution in [1.29, 1.82) is 0 Å². The van der Waals surface area contributed by atoms with Gasteiger partial charge < -0.3 is 59.0 Å². The average molecular weight is 1500 g/mol. The lowest BCUT2D eigenvalue weighted by molar-refractivity contribution is -0.0390. The highest BCUT2D eigenvalue weighted by Gasteiger charge is 2.58. The summed E-state index contributed by atoms with van der Waals surface area (Å²) in [5.41, 5.74) is 5.00. The number of piperidine rings is 6. The topological polar surface area (TPSA) is 189 Å². The second kappa shape index (κ2) is 38.7. The molecule has 0 aromatic heterocycles. The van der Waals surface area contributed by atoms with Gasteiger partial charge in [-0.1, -0.05) is 154 Å². The van der Waals surface area contributed by atoms with Crippen molar-refractivity contribution in [2.45, 2.75) is 332 Å². The normalized spacial score (nSPS) is 26.4. The molecule has 2 saturated carbocycles. The number of carbonyl (C=O) groups excluding carboxylic acids is 6. The summed E-state index contributed by atoms with van der Waals surface area (Å²) in [4.78, 5) is 94.1. The highest BCUT2D eigenvalue weighted by molar-refractivity contribution is 5.98. The van der Waals surface area contributed by atoms with Crippen molar-refractivity contribution in [3.05, 3.63) is 69.8 Å². The maximum Gasteiger partial charge on any atom is 0.410 e. The number of hydrogen-bond acceptors (Lipinski definition) is 14. The summed E-state index contributed by atoms with van der Waals surface area (Å²) < 4.78 is 23.8. The smallest absolute Gasteiger partial charge is 0.410 e. The minimum Gasteiger partial charge on any atom is -0.441 e. The van der Waals surface area contributed by atoms with Crippen LogP contribution in [0.3, 0.4) is 0 Å². The molecule has 4 atom stereocenters. The molecule has 2 N–H and O–H groups in total. The van der Waals surface area contributed by atoms with Crippen LogP contribution in [0.25, 0.3) is 0 Å². The second-order valence-electron chi connectivity index (χ2n) is 35.3. The molecule has 20 heteroatoms. The molecule has 0 unspecified atom stereocenters. The fourth-order valence-electron chi connectivity index (χ4n) is 21.1. The number of nitrogens with one attached hydrogen (secondary N) is 2. The van der Waals surface area contributed by atoms with E-state index in [2.05, 4.69) is 91.6 Å². The van der Waals surface area contributed by atoms with E-state index >= 15 is 0 Å². The number of amides is 6. The standard InChI is InChI=1S/2C32H49N3O3.2C12H22N2O2/c2*1-4-5-14-28-32(38-31(37)35(28)23-26-12-7-6-8-13-26)17-21-33(22-18-32)27-15-19-34(20-16-27)30(36)29-24(2)10-9-11-25(29)3;2*1-3-4-5-10-12(16-11(15)13-10)6-8-14(2)9-7-12/h2*9-11,26-28H,4-8,12-23H2,1-3H3;2*10H,3-9H2,1-2H3,(H,13,15)/t2*28-;2*10-/m1010/s1. The Bertz CT molecular complexity index is 2980. The Hall–Kier alpha value is -5.70. The van der Waals surface area contributed by atoms with Gasteiger partial charge in [0.1, 0.15) is 22.4 Å². The van der Waals surface area contributed by atoms with Crippen molar-refractivity contribution in [1.82, 2.24) is 49.8 Å². The van der Waals surface area contributed by atoms with Gasteiger partial charge in [-0.05, 0) is 153 Å². The lowest BCUT2D eigenvalue weighted by Crippen LogP contribution is -2.56. The van der Waals surface area contributed by atoms with Crippen molar-refractivity contribution < 1.29 is 47.7 Å². The van der Waals surface area contributed by atoms with Gasteiger partial charge in [0, 0.05) is 166 Å². The number of carbonyl (C=O) groups is 6. The number of aryl methyl sites for hydroxylation is 4. The van der Waals surface area contributed by atoms with Crippen molar-refractivity contribution in [2.75, 3.05) is 106 Å². The zero-order chi connectivity index (χ0) is 76.6. The van der Waals surface area contributed by atoms with Crippen LogP contribution >= 0.6 is 0 Å². The van der Waals surface area contributed by atoms with Crippen LogP contribution in [0.5, 0.6) is 0 Å². The van der Waals surface area contributed by atoms with Crippen LogP contribution in [-0.4, -0.2) is 240 Å². The van der Waals surface area contributed by atoms with E-state index in [9.17, 15) is 28.8 Å². The maximum atomic E-state index is 13.3. The fraction of sp³-hybridized carbons (Fsp3) is 0.795. The molecule has 14 rings (SSSR count). The first-order valence-electron chi connectivity index (χ1n) is 43.7. The molecule has 6 amide bonds. The Morgan fingerprint density at radius 3 is 1.02 bits per heavy atom. The number of alkyl carbamates (subject to hydrolysis) is 2. The monoisotopic (exact) mass is 1500 g/mol. The number of rotatable bonds is 20. The Morgan fingerprint density at radius 1 is 0.398 bits per heavy atom. The highest BCUT2D eigenvalue weighted by atomic mass is 16.6. The van der Waals surface area contributed by atoms with Gasteiger partial charge in [0.25, 0.3) is 11.8 Å². The highest BCUT2D eigenvalue weighted by Crippen LogP contribution is 2.46. The van der Waals surface area contributed by atoms with Gasteiger partial charge in [0.2, 0.25) is 0 Å². The quantitative estimate of drug-likeness (QED) is 0.119. The first kappa shape index (κ1) is 83.2. The van der Waals surface area contributed by atoms with E-state index < -0.39 is 0 Å². The van der Waals surface area contributed by atoms with Gasteiger partial charge in [-0.2, -0.15) is 0 Å². The molecule has 12 aliphatic rings. The van der Waals surface area contributed by atoms with Crippen LogP contribution in [0.15, 0.2) is 36.4 Å². The molecule has 10 aliphatic heterocycles. The molecule has 10 saturated heterocycles. The first-order chi connectivity index (χ1) is 52.2. The van der Waals surface area contributed by atoms with Crippen molar-refractivity contribution in [2.24, 2.45) is 11.8 Å². The summed E-state index contributed by atoms with van der Waals surface area (Å²) in [7, 11) is 4.25. The number of nitrogens with zero attached hydrogens (tertiary/aromatic N) is 8. The van der Waals surface area contributed by atoms with Gasteiger partial charge in [0.05, 0.1) is 24.2 Å². The lowest BCUT2D eigenvalue weighted by atomic mass is 9.80. The predicted octanol–water partition coefficient (Wildman–Crippen LogP) is 16.2. The number of ether oxygens (including phenoxy) is 4. The van der Waals surface area contributed by atoms with E-state index in [1.165, 1.54) is 77.0 Å². The van der Waals surface area contributed by atoms with Gasteiger partial charge in [-0.15, -0.1) is 0 Å². The van der Waals surface area contributed by atoms with E-state index in [-0.39, 0.29) is 82.8 Å². The van der Waals surface area contributed by atoms with Crippen molar-refractivity contribution in [3.63, 3.8) is 0 Å². The Morgan fingerprint density at radius 2 is 0.704 bits per heavy atom. The molecule has 0 bridgehead atoms. The molecule has 108 heavy (non-hydrogen) atoms. The van der Waals surface area contributed by atoms with Crippen LogP contribution in [0, 0.1) is 39.5 Å². The van der Waals surface area contributed by atoms with E-state index in [4.69, 9.17) is 18.9 Å². The Kier molecular flexibility index (Phi) is 29.8. The van der Waals surface area contributed by atoms with E-state index in [0.717, 1.165) is 266 Å². The molecule has 2 aromatic rings. The molecule has 4 spiro atoms. The molecule has 10 heterocycles. The molecular formula is C88H142N10O10. The van der Waals surface area contributed by atoms with Crippen LogP contribution in [0.2, 0.25) is 0 Å². The summed E-state index contributed by atoms with van der Waals surface area (Å²) in [5, 5.41) is 5.97. The number of hydrogen-bond donors (Lipinski definition) is 2. The van der Waals surface area contributed by atoms with Crippen LogP contribution in [0.1, 0.15) is 289 Å².